The number of rotatable bonds is 8. The molecule has 0 aliphatic carbocycles. The van der Waals surface area contributed by atoms with E-state index in [0.29, 0.717) is 17.9 Å². The zero-order valence-electron chi connectivity index (χ0n) is 15.2. The number of carbonyl (C=O) groups is 4. The molecule has 1 aromatic carbocycles. The molecular formula is C18H22ClN3O5. The maximum atomic E-state index is 12.4. The van der Waals surface area contributed by atoms with E-state index in [0.717, 1.165) is 10.5 Å². The first kappa shape index (κ1) is 20.7. The van der Waals surface area contributed by atoms with Crippen LogP contribution in [0, 0.1) is 0 Å². The SMILES string of the molecule is CCC1(CC)NC(=O)N(CC(=O)OCC(=O)NCc2ccc(Cl)cc2)C1=O. The van der Waals surface area contributed by atoms with Crippen LogP contribution in [0.2, 0.25) is 5.02 Å². The minimum atomic E-state index is -0.979. The lowest BCUT2D eigenvalue weighted by molar-refractivity contribution is -0.151. The number of carbonyl (C=O) groups excluding carboxylic acids is 4. The summed E-state index contributed by atoms with van der Waals surface area (Å²) in [7, 11) is 0. The molecule has 8 nitrogen and oxygen atoms in total. The molecule has 146 valence electrons. The summed E-state index contributed by atoms with van der Waals surface area (Å²) >= 11 is 5.78. The molecule has 0 unspecified atom stereocenters. The molecule has 27 heavy (non-hydrogen) atoms. The van der Waals surface area contributed by atoms with Crippen LogP contribution in [0.1, 0.15) is 32.3 Å². The number of nitrogens with zero attached hydrogens (tertiary/aromatic N) is 1. The van der Waals surface area contributed by atoms with Crippen molar-refractivity contribution < 1.29 is 23.9 Å². The fraction of sp³-hybridized carbons (Fsp3) is 0.444. The van der Waals surface area contributed by atoms with Crippen LogP contribution in [0.15, 0.2) is 24.3 Å². The Hall–Kier alpha value is -2.61. The van der Waals surface area contributed by atoms with Crippen LogP contribution >= 0.6 is 11.6 Å². The third-order valence-corrected chi connectivity index (χ3v) is 4.76. The van der Waals surface area contributed by atoms with E-state index >= 15 is 0 Å². The number of nitrogens with one attached hydrogen (secondary N) is 2. The molecule has 9 heteroatoms. The molecule has 1 aromatic rings. The number of benzene rings is 1. The second-order valence-corrected chi connectivity index (χ2v) is 6.61. The minimum absolute atomic E-state index is 0.260. The molecule has 0 radical (unpaired) electrons. The minimum Gasteiger partial charge on any atom is -0.454 e. The lowest BCUT2D eigenvalue weighted by Crippen LogP contribution is -2.46. The van der Waals surface area contributed by atoms with Crippen molar-refractivity contribution in [3.05, 3.63) is 34.9 Å². The number of halogens is 1. The maximum Gasteiger partial charge on any atom is 0.326 e. The number of esters is 1. The number of urea groups is 1. The molecule has 1 heterocycles. The first-order valence-electron chi connectivity index (χ1n) is 8.62. The molecule has 1 aliphatic heterocycles. The highest BCUT2D eigenvalue weighted by Gasteiger charge is 2.49. The second-order valence-electron chi connectivity index (χ2n) is 6.17. The van der Waals surface area contributed by atoms with Crippen molar-refractivity contribution in [2.45, 2.75) is 38.8 Å². The van der Waals surface area contributed by atoms with Gasteiger partial charge in [0.1, 0.15) is 12.1 Å². The number of hydrogen-bond donors (Lipinski definition) is 2. The van der Waals surface area contributed by atoms with Gasteiger partial charge in [0.15, 0.2) is 6.61 Å². The van der Waals surface area contributed by atoms with E-state index in [2.05, 4.69) is 10.6 Å². The Morgan fingerprint density at radius 2 is 1.81 bits per heavy atom. The van der Waals surface area contributed by atoms with Crippen LogP contribution < -0.4 is 10.6 Å². The van der Waals surface area contributed by atoms with Crippen molar-refractivity contribution in [2.75, 3.05) is 13.2 Å². The first-order chi connectivity index (χ1) is 12.8. The summed E-state index contributed by atoms with van der Waals surface area (Å²) in [5.74, 6) is -1.78. The van der Waals surface area contributed by atoms with E-state index in [1.165, 1.54) is 0 Å². The van der Waals surface area contributed by atoms with Gasteiger partial charge in [-0.3, -0.25) is 19.3 Å². The topological polar surface area (TPSA) is 105 Å². The third-order valence-electron chi connectivity index (χ3n) is 4.51. The first-order valence-corrected chi connectivity index (χ1v) is 9.00. The molecule has 2 N–H and O–H groups in total. The lowest BCUT2D eigenvalue weighted by Gasteiger charge is -2.22. The molecule has 1 saturated heterocycles. The highest BCUT2D eigenvalue weighted by Crippen LogP contribution is 2.24. The Morgan fingerprint density at radius 3 is 2.37 bits per heavy atom. The molecule has 1 fully saturated rings. The van der Waals surface area contributed by atoms with Crippen molar-refractivity contribution in [3.63, 3.8) is 0 Å². The van der Waals surface area contributed by atoms with Gasteiger partial charge < -0.3 is 15.4 Å². The summed E-state index contributed by atoms with van der Waals surface area (Å²) in [5, 5.41) is 5.81. The lowest BCUT2D eigenvalue weighted by atomic mass is 9.93. The second kappa shape index (κ2) is 8.85. The Balaban J connectivity index is 1.78. The molecule has 2 rings (SSSR count). The number of amides is 4. The predicted octanol–water partition coefficient (Wildman–Crippen LogP) is 1.61. The van der Waals surface area contributed by atoms with Gasteiger partial charge in [0.25, 0.3) is 11.8 Å². The van der Waals surface area contributed by atoms with Crippen molar-refractivity contribution in [3.8, 4) is 0 Å². The van der Waals surface area contributed by atoms with Gasteiger partial charge in [-0.25, -0.2) is 4.79 Å². The quantitative estimate of drug-likeness (QED) is 0.514. The summed E-state index contributed by atoms with van der Waals surface area (Å²) in [4.78, 5) is 48.9. The van der Waals surface area contributed by atoms with E-state index < -0.39 is 42.5 Å². The van der Waals surface area contributed by atoms with Gasteiger partial charge in [0, 0.05) is 11.6 Å². The summed E-state index contributed by atoms with van der Waals surface area (Å²) in [6, 6.07) is 6.30. The van der Waals surface area contributed by atoms with E-state index in [-0.39, 0.29) is 6.54 Å². The molecule has 4 amide bonds. The van der Waals surface area contributed by atoms with E-state index in [4.69, 9.17) is 16.3 Å². The van der Waals surface area contributed by atoms with Crippen molar-refractivity contribution in [2.24, 2.45) is 0 Å². The van der Waals surface area contributed by atoms with Gasteiger partial charge >= 0.3 is 12.0 Å². The van der Waals surface area contributed by atoms with E-state index in [1.807, 2.05) is 0 Å². The highest BCUT2D eigenvalue weighted by atomic mass is 35.5. The van der Waals surface area contributed by atoms with Gasteiger partial charge in [0.2, 0.25) is 0 Å². The van der Waals surface area contributed by atoms with Gasteiger partial charge in [-0.2, -0.15) is 0 Å². The smallest absolute Gasteiger partial charge is 0.326 e. The number of hydrogen-bond acceptors (Lipinski definition) is 5. The standard InChI is InChI=1S/C18H22ClN3O5/c1-3-18(4-2)16(25)22(17(26)21-18)10-15(24)27-11-14(23)20-9-12-5-7-13(19)8-6-12/h5-8H,3-4,9-11H2,1-2H3,(H,20,23)(H,21,26). The van der Waals surface area contributed by atoms with Crippen molar-refractivity contribution in [1.82, 2.24) is 15.5 Å². The molecular weight excluding hydrogens is 374 g/mol. The highest BCUT2D eigenvalue weighted by molar-refractivity contribution is 6.30. The molecule has 0 saturated carbocycles. The molecule has 0 atom stereocenters. The molecule has 0 aromatic heterocycles. The summed E-state index contributed by atoms with van der Waals surface area (Å²) in [6.07, 6.45) is 0.847. The van der Waals surface area contributed by atoms with Crippen molar-refractivity contribution >= 4 is 35.4 Å². The molecule has 0 bridgehead atoms. The summed E-state index contributed by atoms with van der Waals surface area (Å²) < 4.78 is 4.86. The summed E-state index contributed by atoms with van der Waals surface area (Å²) in [5.41, 5.74) is -0.137. The number of ether oxygens (including phenoxy) is 1. The van der Waals surface area contributed by atoms with Gasteiger partial charge in [0.05, 0.1) is 0 Å². The average Bonchev–Trinajstić information content (AvgIpc) is 2.90. The Kier molecular flexibility index (Phi) is 6.79. The Labute approximate surface area is 162 Å². The summed E-state index contributed by atoms with van der Waals surface area (Å²) in [6.45, 7) is 2.80. The van der Waals surface area contributed by atoms with Gasteiger partial charge in [-0.1, -0.05) is 37.6 Å². The van der Waals surface area contributed by atoms with Crippen molar-refractivity contribution in [1.29, 1.82) is 0 Å². The van der Waals surface area contributed by atoms with Crippen LogP contribution in [-0.2, 0) is 25.7 Å². The monoisotopic (exact) mass is 395 g/mol. The molecule has 1 aliphatic rings. The fourth-order valence-corrected chi connectivity index (χ4v) is 2.85. The van der Waals surface area contributed by atoms with Gasteiger partial charge in [-0.15, -0.1) is 0 Å². The van der Waals surface area contributed by atoms with E-state index in [9.17, 15) is 19.2 Å². The number of imide groups is 1. The van der Waals surface area contributed by atoms with Crippen LogP contribution in [0.3, 0.4) is 0 Å². The third kappa shape index (κ3) is 4.97. The van der Waals surface area contributed by atoms with E-state index in [1.54, 1.807) is 38.1 Å². The Morgan fingerprint density at radius 1 is 1.19 bits per heavy atom. The van der Waals surface area contributed by atoms with Crippen LogP contribution in [0.5, 0.6) is 0 Å². The normalized spacial score (nSPS) is 15.4. The fourth-order valence-electron chi connectivity index (χ4n) is 2.72. The maximum absolute atomic E-state index is 12.4. The van der Waals surface area contributed by atoms with Crippen LogP contribution in [0.4, 0.5) is 4.79 Å². The largest absolute Gasteiger partial charge is 0.454 e. The van der Waals surface area contributed by atoms with Crippen LogP contribution in [0.25, 0.3) is 0 Å². The average molecular weight is 396 g/mol. The Bertz CT molecular complexity index is 731. The van der Waals surface area contributed by atoms with Gasteiger partial charge in [-0.05, 0) is 30.5 Å². The zero-order valence-corrected chi connectivity index (χ0v) is 16.0. The molecule has 0 spiro atoms. The predicted molar refractivity (Wildman–Crippen MR) is 97.8 cm³/mol. The zero-order chi connectivity index (χ0) is 20.0. The van der Waals surface area contributed by atoms with Crippen LogP contribution in [-0.4, -0.2) is 47.4 Å².